The van der Waals surface area contributed by atoms with Crippen LogP contribution in [0.4, 0.5) is 4.79 Å². The van der Waals surface area contributed by atoms with Gasteiger partial charge in [0.1, 0.15) is 6.04 Å². The lowest BCUT2D eigenvalue weighted by Crippen LogP contribution is -2.48. The Bertz CT molecular complexity index is 244. The predicted octanol–water partition coefficient (Wildman–Crippen LogP) is 0.720. The van der Waals surface area contributed by atoms with Gasteiger partial charge in [-0.3, -0.25) is 0 Å². The Morgan fingerprint density at radius 3 is 2.80 bits per heavy atom. The lowest BCUT2D eigenvalue weighted by Gasteiger charge is -2.27. The molecule has 0 aromatic carbocycles. The van der Waals surface area contributed by atoms with E-state index in [0.717, 1.165) is 6.42 Å². The molecule has 1 N–H and O–H groups in total. The van der Waals surface area contributed by atoms with Crippen molar-refractivity contribution in [2.24, 2.45) is 0 Å². The molecule has 15 heavy (non-hydrogen) atoms. The van der Waals surface area contributed by atoms with Crippen molar-refractivity contribution in [2.45, 2.75) is 25.8 Å². The third kappa shape index (κ3) is 3.76. The maximum atomic E-state index is 11.7. The van der Waals surface area contributed by atoms with Crippen LogP contribution in [-0.4, -0.2) is 43.3 Å². The summed E-state index contributed by atoms with van der Waals surface area (Å²) in [6.07, 6.45) is 1.59. The minimum atomic E-state index is -0.370. The molecule has 0 spiro atoms. The maximum absolute atomic E-state index is 11.7. The van der Waals surface area contributed by atoms with Gasteiger partial charge in [0.15, 0.2) is 0 Å². The van der Waals surface area contributed by atoms with Crippen LogP contribution in [0.25, 0.3) is 0 Å². The van der Waals surface area contributed by atoms with Crippen molar-refractivity contribution in [3.05, 3.63) is 0 Å². The highest BCUT2D eigenvalue weighted by molar-refractivity contribution is 5.74. The minimum absolute atomic E-state index is 0.154. The van der Waals surface area contributed by atoms with E-state index in [1.807, 2.05) is 6.92 Å². The molecule has 0 saturated carbocycles. The number of nitrogens with one attached hydrogen (secondary N) is 1. The Hall–Kier alpha value is -1.28. The molecule has 1 aliphatic heterocycles. The Morgan fingerprint density at radius 2 is 2.27 bits per heavy atom. The summed E-state index contributed by atoms with van der Waals surface area (Å²) in [7, 11) is 0. The standard InChI is InChI=1S/C10H17N3O2/c1-2-3-9(8-11)12-10(14)13-4-6-15-7-5-13/h9H,2-7H2,1H3,(H,12,14). The van der Waals surface area contributed by atoms with Crippen LogP contribution in [0.3, 0.4) is 0 Å². The van der Waals surface area contributed by atoms with Crippen LogP contribution in [-0.2, 0) is 4.74 Å². The van der Waals surface area contributed by atoms with Gasteiger partial charge in [-0.25, -0.2) is 4.79 Å². The summed E-state index contributed by atoms with van der Waals surface area (Å²) in [5.41, 5.74) is 0. The van der Waals surface area contributed by atoms with Gasteiger partial charge in [0.25, 0.3) is 0 Å². The van der Waals surface area contributed by atoms with Gasteiger partial charge in [-0.2, -0.15) is 5.26 Å². The zero-order valence-corrected chi connectivity index (χ0v) is 9.03. The van der Waals surface area contributed by atoms with Crippen LogP contribution in [0.2, 0.25) is 0 Å². The number of hydrogen-bond donors (Lipinski definition) is 1. The molecule has 0 radical (unpaired) electrons. The number of ether oxygens (including phenoxy) is 1. The van der Waals surface area contributed by atoms with Crippen LogP contribution in [0.1, 0.15) is 19.8 Å². The molecule has 1 saturated heterocycles. The molecule has 1 aliphatic rings. The summed E-state index contributed by atoms with van der Waals surface area (Å²) < 4.78 is 5.14. The Kier molecular flexibility index (Phi) is 4.91. The van der Waals surface area contributed by atoms with E-state index in [0.29, 0.717) is 32.7 Å². The smallest absolute Gasteiger partial charge is 0.318 e. The number of amides is 2. The second kappa shape index (κ2) is 6.25. The summed E-state index contributed by atoms with van der Waals surface area (Å²) >= 11 is 0. The average Bonchev–Trinajstić information content (AvgIpc) is 2.29. The maximum Gasteiger partial charge on any atom is 0.318 e. The number of urea groups is 1. The number of morpholine rings is 1. The first kappa shape index (κ1) is 11.8. The van der Waals surface area contributed by atoms with E-state index in [1.165, 1.54) is 0 Å². The Morgan fingerprint density at radius 1 is 1.60 bits per heavy atom. The summed E-state index contributed by atoms with van der Waals surface area (Å²) in [5.74, 6) is 0. The van der Waals surface area contributed by atoms with Gasteiger partial charge in [0.2, 0.25) is 0 Å². The zero-order valence-electron chi connectivity index (χ0n) is 9.03. The molecule has 1 fully saturated rings. The van der Waals surface area contributed by atoms with Gasteiger partial charge in [0.05, 0.1) is 19.3 Å². The fourth-order valence-corrected chi connectivity index (χ4v) is 1.46. The Balaban J connectivity index is 2.36. The highest BCUT2D eigenvalue weighted by atomic mass is 16.5. The Labute approximate surface area is 90.0 Å². The quantitative estimate of drug-likeness (QED) is 0.748. The summed E-state index contributed by atoms with van der Waals surface area (Å²) in [5, 5.41) is 11.5. The van der Waals surface area contributed by atoms with E-state index in [9.17, 15) is 4.79 Å². The molecule has 0 bridgehead atoms. The molecule has 1 unspecified atom stereocenters. The van der Waals surface area contributed by atoms with Gasteiger partial charge >= 0.3 is 6.03 Å². The zero-order chi connectivity index (χ0) is 11.1. The highest BCUT2D eigenvalue weighted by Crippen LogP contribution is 2.00. The van der Waals surface area contributed by atoms with Crippen LogP contribution in [0.5, 0.6) is 0 Å². The monoisotopic (exact) mass is 211 g/mol. The van der Waals surface area contributed by atoms with E-state index in [2.05, 4.69) is 11.4 Å². The molecule has 1 heterocycles. The molecule has 5 nitrogen and oxygen atoms in total. The topological polar surface area (TPSA) is 65.4 Å². The second-order valence-corrected chi connectivity index (χ2v) is 3.52. The van der Waals surface area contributed by atoms with Gasteiger partial charge in [0, 0.05) is 13.1 Å². The van der Waals surface area contributed by atoms with Crippen molar-refractivity contribution in [2.75, 3.05) is 26.3 Å². The molecule has 84 valence electrons. The van der Waals surface area contributed by atoms with Crippen LogP contribution in [0.15, 0.2) is 0 Å². The summed E-state index contributed by atoms with van der Waals surface area (Å²) in [6.45, 7) is 4.37. The number of hydrogen-bond acceptors (Lipinski definition) is 3. The van der Waals surface area contributed by atoms with E-state index in [-0.39, 0.29) is 12.1 Å². The molecule has 2 amide bonds. The molecule has 5 heteroatoms. The number of carbonyl (C=O) groups excluding carboxylic acids is 1. The molecule has 1 atom stereocenters. The molecule has 0 aliphatic carbocycles. The molecule has 0 aromatic rings. The van der Waals surface area contributed by atoms with E-state index >= 15 is 0 Å². The lowest BCUT2D eigenvalue weighted by molar-refractivity contribution is 0.0528. The van der Waals surface area contributed by atoms with Gasteiger partial charge in [-0.15, -0.1) is 0 Å². The largest absolute Gasteiger partial charge is 0.378 e. The first-order chi connectivity index (χ1) is 7.27. The normalized spacial score (nSPS) is 18.0. The number of nitriles is 1. The molecule has 1 rings (SSSR count). The third-order valence-corrected chi connectivity index (χ3v) is 2.33. The van der Waals surface area contributed by atoms with E-state index in [1.54, 1.807) is 4.90 Å². The van der Waals surface area contributed by atoms with Crippen LogP contribution >= 0.6 is 0 Å². The lowest BCUT2D eigenvalue weighted by atomic mass is 10.2. The average molecular weight is 211 g/mol. The van der Waals surface area contributed by atoms with Crippen LogP contribution < -0.4 is 5.32 Å². The number of carbonyl (C=O) groups is 1. The third-order valence-electron chi connectivity index (χ3n) is 2.33. The molecular weight excluding hydrogens is 194 g/mol. The van der Waals surface area contributed by atoms with Crippen molar-refractivity contribution in [3.63, 3.8) is 0 Å². The van der Waals surface area contributed by atoms with Gasteiger partial charge in [-0.1, -0.05) is 13.3 Å². The fourth-order valence-electron chi connectivity index (χ4n) is 1.46. The van der Waals surface area contributed by atoms with Crippen molar-refractivity contribution in [1.29, 1.82) is 5.26 Å². The van der Waals surface area contributed by atoms with Crippen molar-refractivity contribution in [3.8, 4) is 6.07 Å². The predicted molar refractivity (Wildman–Crippen MR) is 55.2 cm³/mol. The van der Waals surface area contributed by atoms with Crippen molar-refractivity contribution in [1.82, 2.24) is 10.2 Å². The first-order valence-corrected chi connectivity index (χ1v) is 5.30. The summed E-state index contributed by atoms with van der Waals surface area (Å²) in [6, 6.07) is 1.56. The van der Waals surface area contributed by atoms with Crippen molar-refractivity contribution >= 4 is 6.03 Å². The van der Waals surface area contributed by atoms with E-state index < -0.39 is 0 Å². The summed E-state index contributed by atoms with van der Waals surface area (Å²) in [4.78, 5) is 13.3. The number of nitrogens with zero attached hydrogens (tertiary/aromatic N) is 2. The van der Waals surface area contributed by atoms with E-state index in [4.69, 9.17) is 10.00 Å². The van der Waals surface area contributed by atoms with Gasteiger partial charge < -0.3 is 15.0 Å². The highest BCUT2D eigenvalue weighted by Gasteiger charge is 2.19. The van der Waals surface area contributed by atoms with Crippen LogP contribution in [0, 0.1) is 11.3 Å². The molecule has 0 aromatic heterocycles. The fraction of sp³-hybridized carbons (Fsp3) is 0.800. The van der Waals surface area contributed by atoms with Gasteiger partial charge in [-0.05, 0) is 6.42 Å². The minimum Gasteiger partial charge on any atom is -0.378 e. The SMILES string of the molecule is CCCC(C#N)NC(=O)N1CCOCC1. The number of rotatable bonds is 3. The molecular formula is C10H17N3O2. The second-order valence-electron chi connectivity index (χ2n) is 3.52. The van der Waals surface area contributed by atoms with Crippen molar-refractivity contribution < 1.29 is 9.53 Å². The first-order valence-electron chi connectivity index (χ1n) is 5.30.